The van der Waals surface area contributed by atoms with Crippen molar-refractivity contribution in [1.29, 1.82) is 0 Å². The molecule has 5 rings (SSSR count). The first-order valence-corrected chi connectivity index (χ1v) is 6.67. The summed E-state index contributed by atoms with van der Waals surface area (Å²) in [5, 5.41) is 2.44. The first kappa shape index (κ1) is 9.98. The van der Waals surface area contributed by atoms with Crippen LogP contribution >= 0.6 is 0 Å². The molecule has 0 spiro atoms. The highest BCUT2D eigenvalue weighted by Gasteiger charge is 2.59. The summed E-state index contributed by atoms with van der Waals surface area (Å²) >= 11 is 0. The van der Waals surface area contributed by atoms with Crippen LogP contribution in [0, 0.1) is 11.8 Å². The summed E-state index contributed by atoms with van der Waals surface area (Å²) in [6.07, 6.45) is -0.0503. The van der Waals surface area contributed by atoms with Gasteiger partial charge in [0, 0.05) is 5.92 Å². The van der Waals surface area contributed by atoms with E-state index in [-0.39, 0.29) is 30.0 Å². The molecule has 2 aromatic rings. The van der Waals surface area contributed by atoms with E-state index in [4.69, 9.17) is 9.47 Å². The van der Waals surface area contributed by atoms with Gasteiger partial charge in [-0.2, -0.15) is 0 Å². The topological polar surface area (TPSA) is 35.5 Å². The zero-order valence-electron chi connectivity index (χ0n) is 10.2. The number of carbonyl (C=O) groups excluding carboxylic acids is 1. The number of rotatable bonds is 0. The van der Waals surface area contributed by atoms with Crippen LogP contribution in [0.3, 0.4) is 0 Å². The normalized spacial score (nSPS) is 34.4. The molecule has 0 aliphatic carbocycles. The van der Waals surface area contributed by atoms with E-state index in [1.54, 1.807) is 0 Å². The fourth-order valence-electron chi connectivity index (χ4n) is 3.86. The summed E-state index contributed by atoms with van der Waals surface area (Å²) in [4.78, 5) is 11.8. The van der Waals surface area contributed by atoms with Gasteiger partial charge in [0.05, 0.1) is 24.7 Å². The maximum Gasteiger partial charge on any atom is 0.312 e. The average Bonchev–Trinajstić information content (AvgIpc) is 3.08. The molecule has 2 bridgehead atoms. The van der Waals surface area contributed by atoms with Gasteiger partial charge in [0.2, 0.25) is 0 Å². The van der Waals surface area contributed by atoms with E-state index in [9.17, 15) is 4.79 Å². The lowest BCUT2D eigenvalue weighted by atomic mass is 9.77. The van der Waals surface area contributed by atoms with Crippen LogP contribution in [0.15, 0.2) is 36.4 Å². The molecule has 3 heterocycles. The summed E-state index contributed by atoms with van der Waals surface area (Å²) in [5.74, 6) is 0.0427. The Bertz CT molecular complexity index is 721. The Morgan fingerprint density at radius 3 is 2.42 bits per heavy atom. The minimum atomic E-state index is -0.0930. The third-order valence-corrected chi connectivity index (χ3v) is 4.72. The summed E-state index contributed by atoms with van der Waals surface area (Å²) in [6.45, 7) is 0.511. The van der Waals surface area contributed by atoms with Gasteiger partial charge in [-0.3, -0.25) is 4.79 Å². The molecular weight excluding hydrogens is 240 g/mol. The van der Waals surface area contributed by atoms with E-state index in [2.05, 4.69) is 24.3 Å². The Labute approximate surface area is 110 Å². The molecule has 0 saturated carbocycles. The minimum absolute atomic E-state index is 0.0426. The van der Waals surface area contributed by atoms with E-state index in [0.29, 0.717) is 6.61 Å². The number of ether oxygens (including phenoxy) is 2. The molecule has 4 atom stereocenters. The van der Waals surface area contributed by atoms with Gasteiger partial charge >= 0.3 is 5.97 Å². The maximum absolute atomic E-state index is 11.8. The number of carbonyl (C=O) groups is 1. The molecule has 3 nitrogen and oxygen atoms in total. The molecule has 0 N–H and O–H groups in total. The third-order valence-electron chi connectivity index (χ3n) is 4.72. The molecule has 0 radical (unpaired) electrons. The summed E-state index contributed by atoms with van der Waals surface area (Å²) in [6, 6.07) is 12.7. The van der Waals surface area contributed by atoms with E-state index in [1.807, 2.05) is 12.1 Å². The number of hydrogen-bond acceptors (Lipinski definition) is 3. The predicted molar refractivity (Wildman–Crippen MR) is 68.5 cm³/mol. The van der Waals surface area contributed by atoms with Crippen LogP contribution in [0.4, 0.5) is 0 Å². The van der Waals surface area contributed by atoms with E-state index in [0.717, 1.165) is 0 Å². The van der Waals surface area contributed by atoms with Crippen LogP contribution in [-0.4, -0.2) is 12.6 Å². The SMILES string of the molecule is O=C1OC[C@@H]2[C@H]1[C@@H]1O[C@H]2c2cc3ccccc3cc21. The number of benzene rings is 2. The molecule has 2 aromatic carbocycles. The quantitative estimate of drug-likeness (QED) is 0.676. The highest BCUT2D eigenvalue weighted by molar-refractivity contribution is 5.86. The molecule has 0 unspecified atom stereocenters. The lowest BCUT2D eigenvalue weighted by Crippen LogP contribution is -2.22. The van der Waals surface area contributed by atoms with Crippen LogP contribution in [0.5, 0.6) is 0 Å². The first-order chi connectivity index (χ1) is 9.33. The van der Waals surface area contributed by atoms with Crippen LogP contribution in [0.1, 0.15) is 23.3 Å². The zero-order valence-corrected chi connectivity index (χ0v) is 10.2. The molecule has 2 saturated heterocycles. The van der Waals surface area contributed by atoms with Crippen LogP contribution < -0.4 is 0 Å². The third kappa shape index (κ3) is 1.10. The fourth-order valence-corrected chi connectivity index (χ4v) is 3.86. The number of cyclic esters (lactones) is 1. The van der Waals surface area contributed by atoms with Gasteiger partial charge in [-0.25, -0.2) is 0 Å². The van der Waals surface area contributed by atoms with Crippen molar-refractivity contribution >= 4 is 16.7 Å². The van der Waals surface area contributed by atoms with Crippen molar-refractivity contribution < 1.29 is 14.3 Å². The lowest BCUT2D eigenvalue weighted by molar-refractivity contribution is -0.144. The summed E-state index contributed by atoms with van der Waals surface area (Å²) < 4.78 is 11.3. The molecule has 94 valence electrons. The Morgan fingerprint density at radius 2 is 1.68 bits per heavy atom. The second kappa shape index (κ2) is 3.17. The van der Waals surface area contributed by atoms with Crippen molar-refractivity contribution in [2.45, 2.75) is 12.2 Å². The van der Waals surface area contributed by atoms with Crippen molar-refractivity contribution in [2.24, 2.45) is 11.8 Å². The number of esters is 1. The largest absolute Gasteiger partial charge is 0.465 e. The van der Waals surface area contributed by atoms with Gasteiger partial charge in [-0.1, -0.05) is 24.3 Å². The predicted octanol–water partition coefficient (Wildman–Crippen LogP) is 2.76. The number of hydrogen-bond donors (Lipinski definition) is 0. The second-order valence-corrected chi connectivity index (χ2v) is 5.63. The Morgan fingerprint density at radius 1 is 1.00 bits per heavy atom. The Hall–Kier alpha value is -1.87. The van der Waals surface area contributed by atoms with Crippen molar-refractivity contribution in [3.05, 3.63) is 47.5 Å². The van der Waals surface area contributed by atoms with Gasteiger partial charge in [0.1, 0.15) is 0 Å². The highest BCUT2D eigenvalue weighted by Crippen LogP contribution is 2.59. The Balaban J connectivity index is 1.76. The molecule has 3 heteroatoms. The highest BCUT2D eigenvalue weighted by atomic mass is 16.6. The van der Waals surface area contributed by atoms with Gasteiger partial charge < -0.3 is 9.47 Å². The average molecular weight is 252 g/mol. The molecule has 2 fully saturated rings. The van der Waals surface area contributed by atoms with Crippen molar-refractivity contribution in [3.63, 3.8) is 0 Å². The van der Waals surface area contributed by atoms with Gasteiger partial charge in [-0.15, -0.1) is 0 Å². The van der Waals surface area contributed by atoms with Crippen molar-refractivity contribution in [1.82, 2.24) is 0 Å². The standard InChI is InChI=1S/C16H12O3/c17-16-13-12(7-18-16)14-10-5-8-3-1-2-4-9(8)6-11(10)15(13)19-14/h1-6,12-15H,7H2/t12-,13+,14+,15-/m1/s1. The minimum Gasteiger partial charge on any atom is -0.465 e. The van der Waals surface area contributed by atoms with Crippen LogP contribution in [-0.2, 0) is 14.3 Å². The van der Waals surface area contributed by atoms with Gasteiger partial charge in [0.25, 0.3) is 0 Å². The monoisotopic (exact) mass is 252 g/mol. The second-order valence-electron chi connectivity index (χ2n) is 5.63. The van der Waals surface area contributed by atoms with E-state index in [1.165, 1.54) is 21.9 Å². The molecule has 19 heavy (non-hydrogen) atoms. The fraction of sp³-hybridized carbons (Fsp3) is 0.312. The van der Waals surface area contributed by atoms with Crippen LogP contribution in [0.25, 0.3) is 10.8 Å². The number of fused-ring (bicyclic) bond motifs is 9. The zero-order chi connectivity index (χ0) is 12.6. The van der Waals surface area contributed by atoms with Crippen LogP contribution in [0.2, 0.25) is 0 Å². The summed E-state index contributed by atoms with van der Waals surface area (Å²) in [5.41, 5.74) is 2.44. The van der Waals surface area contributed by atoms with E-state index >= 15 is 0 Å². The smallest absolute Gasteiger partial charge is 0.312 e. The maximum atomic E-state index is 11.8. The molecule has 3 aliphatic heterocycles. The van der Waals surface area contributed by atoms with Crippen molar-refractivity contribution in [3.8, 4) is 0 Å². The molecule has 3 aliphatic rings. The Kier molecular flexibility index (Phi) is 1.67. The van der Waals surface area contributed by atoms with Gasteiger partial charge in [-0.05, 0) is 34.0 Å². The molecular formula is C16H12O3. The molecule has 0 amide bonds. The molecule has 0 aromatic heterocycles. The van der Waals surface area contributed by atoms with Crippen molar-refractivity contribution in [2.75, 3.05) is 6.61 Å². The van der Waals surface area contributed by atoms with Gasteiger partial charge in [0.15, 0.2) is 0 Å². The first-order valence-electron chi connectivity index (χ1n) is 6.67. The van der Waals surface area contributed by atoms with E-state index < -0.39 is 0 Å². The summed E-state index contributed by atoms with van der Waals surface area (Å²) in [7, 11) is 0. The lowest BCUT2D eigenvalue weighted by Gasteiger charge is -2.20.